The molecular weight excluding hydrogens is 194 g/mol. The minimum atomic E-state index is -0.691. The zero-order valence-corrected chi connectivity index (χ0v) is 8.65. The summed E-state index contributed by atoms with van der Waals surface area (Å²) < 4.78 is 5.15. The molecule has 5 heteroatoms. The predicted octanol–water partition coefficient (Wildman–Crippen LogP) is 1.09. The number of nitrogens with zero attached hydrogens (tertiary/aromatic N) is 1. The highest BCUT2D eigenvalue weighted by molar-refractivity contribution is 6.01. The van der Waals surface area contributed by atoms with Crippen molar-refractivity contribution in [1.82, 2.24) is 5.43 Å². The first kappa shape index (κ1) is 11.0. The highest BCUT2D eigenvalue weighted by atomic mass is 16.5. The van der Waals surface area contributed by atoms with Gasteiger partial charge >= 0.3 is 6.03 Å². The number of carbonyl (C=O) groups excluding carboxylic acids is 1. The summed E-state index contributed by atoms with van der Waals surface area (Å²) in [5, 5.41) is 3.81. The van der Waals surface area contributed by atoms with E-state index in [4.69, 9.17) is 10.5 Å². The molecule has 0 aliphatic carbocycles. The summed E-state index contributed by atoms with van der Waals surface area (Å²) in [6.45, 7) is 1.76. The molecule has 1 aromatic carbocycles. The fourth-order valence-electron chi connectivity index (χ4n) is 1.14. The lowest BCUT2D eigenvalue weighted by Crippen LogP contribution is -2.25. The average Bonchev–Trinajstić information content (AvgIpc) is 2.25. The van der Waals surface area contributed by atoms with Crippen molar-refractivity contribution in [2.24, 2.45) is 10.8 Å². The first-order valence-electron chi connectivity index (χ1n) is 4.38. The maximum atomic E-state index is 10.5. The van der Waals surface area contributed by atoms with Crippen LogP contribution < -0.4 is 15.9 Å². The molecule has 0 saturated carbocycles. The van der Waals surface area contributed by atoms with Crippen LogP contribution in [0.2, 0.25) is 0 Å². The molecule has 5 nitrogen and oxygen atoms in total. The number of hydrogen-bond acceptors (Lipinski definition) is 3. The van der Waals surface area contributed by atoms with Gasteiger partial charge in [-0.3, -0.25) is 0 Å². The lowest BCUT2D eigenvalue weighted by molar-refractivity contribution is 0.249. The van der Waals surface area contributed by atoms with Crippen molar-refractivity contribution in [1.29, 1.82) is 0 Å². The summed E-state index contributed by atoms with van der Waals surface area (Å²) in [7, 11) is 1.58. The molecule has 80 valence electrons. The Morgan fingerprint density at radius 3 is 2.73 bits per heavy atom. The molecule has 0 heterocycles. The molecule has 3 N–H and O–H groups in total. The zero-order valence-electron chi connectivity index (χ0n) is 8.65. The van der Waals surface area contributed by atoms with Gasteiger partial charge in [0.1, 0.15) is 5.75 Å². The zero-order chi connectivity index (χ0) is 11.3. The standard InChI is InChI=1S/C10H13N3O2/c1-7(12-13-10(11)14)8-5-3-4-6-9(8)15-2/h3-6H,1-2H3,(H3,11,13,14)/b12-7+. The minimum Gasteiger partial charge on any atom is -0.496 e. The number of nitrogens with two attached hydrogens (primary N) is 1. The maximum Gasteiger partial charge on any atom is 0.332 e. The Balaban J connectivity index is 2.94. The molecule has 15 heavy (non-hydrogen) atoms. The van der Waals surface area contributed by atoms with Crippen LogP contribution in [0, 0.1) is 0 Å². The molecule has 0 spiro atoms. The lowest BCUT2D eigenvalue weighted by atomic mass is 10.1. The smallest absolute Gasteiger partial charge is 0.332 e. The number of urea groups is 1. The van der Waals surface area contributed by atoms with Crippen LogP contribution in [0.5, 0.6) is 5.75 Å². The normalized spacial score (nSPS) is 10.9. The summed E-state index contributed by atoms with van der Waals surface area (Å²) in [6.07, 6.45) is 0. The number of nitrogens with one attached hydrogen (secondary N) is 1. The van der Waals surface area contributed by atoms with Crippen molar-refractivity contribution >= 4 is 11.7 Å². The van der Waals surface area contributed by atoms with Gasteiger partial charge in [0.15, 0.2) is 0 Å². The van der Waals surface area contributed by atoms with E-state index in [1.165, 1.54) is 0 Å². The van der Waals surface area contributed by atoms with Crippen molar-refractivity contribution < 1.29 is 9.53 Å². The summed E-state index contributed by atoms with van der Waals surface area (Å²) >= 11 is 0. The highest BCUT2D eigenvalue weighted by Gasteiger charge is 2.04. The number of para-hydroxylation sites is 1. The third kappa shape index (κ3) is 2.98. The molecule has 0 aliphatic heterocycles. The molecule has 0 unspecified atom stereocenters. The first-order chi connectivity index (χ1) is 7.15. The topological polar surface area (TPSA) is 76.7 Å². The maximum absolute atomic E-state index is 10.5. The monoisotopic (exact) mass is 207 g/mol. The van der Waals surface area contributed by atoms with Crippen LogP contribution in [0.1, 0.15) is 12.5 Å². The quantitative estimate of drug-likeness (QED) is 0.575. The number of amides is 2. The molecule has 0 saturated heterocycles. The molecule has 0 bridgehead atoms. The van der Waals surface area contributed by atoms with Crippen molar-refractivity contribution in [3.8, 4) is 5.75 Å². The molecule has 0 aromatic heterocycles. The van der Waals surface area contributed by atoms with E-state index in [0.29, 0.717) is 11.5 Å². The Hall–Kier alpha value is -2.04. The number of primary amides is 1. The number of hydrogen-bond donors (Lipinski definition) is 2. The van der Waals surface area contributed by atoms with E-state index < -0.39 is 6.03 Å². The highest BCUT2D eigenvalue weighted by Crippen LogP contribution is 2.17. The minimum absolute atomic E-state index is 0.631. The van der Waals surface area contributed by atoms with Crippen molar-refractivity contribution in [3.63, 3.8) is 0 Å². The largest absolute Gasteiger partial charge is 0.496 e. The van der Waals surface area contributed by atoms with Gasteiger partial charge in [-0.1, -0.05) is 12.1 Å². The summed E-state index contributed by atoms with van der Waals surface area (Å²) in [5.41, 5.74) is 8.51. The van der Waals surface area contributed by atoms with E-state index in [1.807, 2.05) is 24.3 Å². The molecule has 2 amide bonds. The number of ether oxygens (including phenoxy) is 1. The lowest BCUT2D eigenvalue weighted by Gasteiger charge is -2.07. The number of carbonyl (C=O) groups is 1. The number of rotatable bonds is 3. The predicted molar refractivity (Wildman–Crippen MR) is 57.9 cm³/mol. The second-order valence-corrected chi connectivity index (χ2v) is 2.87. The Bertz CT molecular complexity index is 388. The van der Waals surface area contributed by atoms with E-state index >= 15 is 0 Å². The van der Waals surface area contributed by atoms with Crippen LogP contribution in [0.25, 0.3) is 0 Å². The van der Waals surface area contributed by atoms with E-state index in [-0.39, 0.29) is 0 Å². The third-order valence-corrected chi connectivity index (χ3v) is 1.83. The Morgan fingerprint density at radius 1 is 1.47 bits per heavy atom. The Labute approximate surface area is 87.9 Å². The molecule has 0 radical (unpaired) electrons. The third-order valence-electron chi connectivity index (χ3n) is 1.83. The van der Waals surface area contributed by atoms with E-state index in [9.17, 15) is 4.79 Å². The molecular formula is C10H13N3O2. The van der Waals surface area contributed by atoms with Crippen LogP contribution in [-0.4, -0.2) is 18.9 Å². The fourth-order valence-corrected chi connectivity index (χ4v) is 1.14. The second kappa shape index (κ2) is 4.99. The van der Waals surface area contributed by atoms with Crippen LogP contribution >= 0.6 is 0 Å². The van der Waals surface area contributed by atoms with Gasteiger partial charge in [0, 0.05) is 5.56 Å². The Morgan fingerprint density at radius 2 is 2.13 bits per heavy atom. The molecule has 1 aromatic rings. The van der Waals surface area contributed by atoms with Gasteiger partial charge in [-0.15, -0.1) is 0 Å². The second-order valence-electron chi connectivity index (χ2n) is 2.87. The number of methoxy groups -OCH3 is 1. The van der Waals surface area contributed by atoms with Gasteiger partial charge in [-0.05, 0) is 19.1 Å². The van der Waals surface area contributed by atoms with E-state index in [0.717, 1.165) is 5.56 Å². The van der Waals surface area contributed by atoms with Crippen molar-refractivity contribution in [3.05, 3.63) is 29.8 Å². The van der Waals surface area contributed by atoms with Crippen molar-refractivity contribution in [2.75, 3.05) is 7.11 Å². The Kier molecular flexibility index (Phi) is 3.68. The summed E-state index contributed by atoms with van der Waals surface area (Å²) in [6, 6.07) is 6.70. The molecule has 0 fully saturated rings. The summed E-state index contributed by atoms with van der Waals surface area (Å²) in [5.74, 6) is 0.699. The van der Waals surface area contributed by atoms with Gasteiger partial charge in [0.25, 0.3) is 0 Å². The van der Waals surface area contributed by atoms with Crippen molar-refractivity contribution in [2.45, 2.75) is 6.92 Å². The summed E-state index contributed by atoms with van der Waals surface area (Å²) in [4.78, 5) is 10.5. The van der Waals surface area contributed by atoms with Gasteiger partial charge in [0.2, 0.25) is 0 Å². The fraction of sp³-hybridized carbons (Fsp3) is 0.200. The van der Waals surface area contributed by atoms with Gasteiger partial charge in [-0.25, -0.2) is 10.2 Å². The van der Waals surface area contributed by atoms with Crippen LogP contribution in [0.4, 0.5) is 4.79 Å². The van der Waals surface area contributed by atoms with Gasteiger partial charge in [0.05, 0.1) is 12.8 Å². The van der Waals surface area contributed by atoms with Crippen LogP contribution in [0.15, 0.2) is 29.4 Å². The molecule has 0 aliphatic rings. The van der Waals surface area contributed by atoms with E-state index in [1.54, 1.807) is 14.0 Å². The van der Waals surface area contributed by atoms with Gasteiger partial charge < -0.3 is 10.5 Å². The SMILES string of the molecule is COc1ccccc1/C(C)=N/NC(N)=O. The number of hydrazone groups is 1. The molecule has 0 atom stereocenters. The number of benzene rings is 1. The van der Waals surface area contributed by atoms with Gasteiger partial charge in [-0.2, -0.15) is 5.10 Å². The average molecular weight is 207 g/mol. The first-order valence-corrected chi connectivity index (χ1v) is 4.38. The van der Waals surface area contributed by atoms with Crippen LogP contribution in [-0.2, 0) is 0 Å². The molecule has 1 rings (SSSR count). The van der Waals surface area contributed by atoms with Crippen LogP contribution in [0.3, 0.4) is 0 Å². The van der Waals surface area contributed by atoms with E-state index in [2.05, 4.69) is 10.5 Å².